The largest absolute Gasteiger partial charge is 0.252 e. The fourth-order valence-electron chi connectivity index (χ4n) is 2.89. The lowest BCUT2D eigenvalue weighted by Gasteiger charge is -2.14. The molecule has 2 aromatic heterocycles. The smallest absolute Gasteiger partial charge is 0.219 e. The molecule has 100 valence electrons. The number of aryl methyl sites for hydroxylation is 2. The Bertz CT molecular complexity index is 746. The van der Waals surface area contributed by atoms with Gasteiger partial charge in [0.2, 0.25) is 0 Å². The molecule has 0 saturated carbocycles. The van der Waals surface area contributed by atoms with Gasteiger partial charge in [-0.25, -0.2) is 9.50 Å². The molecule has 2 heterocycles. The minimum absolute atomic E-state index is 0.733. The van der Waals surface area contributed by atoms with Crippen molar-refractivity contribution < 1.29 is 0 Å². The van der Waals surface area contributed by atoms with Gasteiger partial charge in [-0.05, 0) is 36.8 Å². The molecule has 0 atom stereocenters. The molecule has 0 saturated heterocycles. The first-order valence-corrected chi connectivity index (χ1v) is 7.16. The van der Waals surface area contributed by atoms with Crippen LogP contribution in [0, 0.1) is 0 Å². The predicted molar refractivity (Wildman–Crippen MR) is 76.7 cm³/mol. The van der Waals surface area contributed by atoms with Gasteiger partial charge in [-0.15, -0.1) is 5.10 Å². The van der Waals surface area contributed by atoms with Crippen LogP contribution in [-0.4, -0.2) is 19.6 Å². The van der Waals surface area contributed by atoms with E-state index in [1.807, 2.05) is 28.9 Å². The van der Waals surface area contributed by atoms with Crippen LogP contribution in [0.2, 0.25) is 0 Å². The third-order valence-corrected chi connectivity index (χ3v) is 3.91. The summed E-state index contributed by atoms with van der Waals surface area (Å²) in [6, 6.07) is 10.3. The lowest BCUT2D eigenvalue weighted by Crippen LogP contribution is -2.10. The van der Waals surface area contributed by atoms with Crippen LogP contribution >= 0.6 is 0 Å². The van der Waals surface area contributed by atoms with E-state index in [9.17, 15) is 0 Å². The molecule has 0 aliphatic heterocycles. The Morgan fingerprint density at radius 2 is 1.90 bits per heavy atom. The van der Waals surface area contributed by atoms with E-state index in [1.54, 1.807) is 0 Å². The Morgan fingerprint density at radius 1 is 1.05 bits per heavy atom. The number of rotatable bonds is 2. The van der Waals surface area contributed by atoms with E-state index in [1.165, 1.54) is 29.7 Å². The summed E-state index contributed by atoms with van der Waals surface area (Å²) in [6.45, 7) is 0. The summed E-state index contributed by atoms with van der Waals surface area (Å²) in [5, 5.41) is 4.66. The number of benzene rings is 1. The summed E-state index contributed by atoms with van der Waals surface area (Å²) < 4.78 is 1.95. The van der Waals surface area contributed by atoms with E-state index < -0.39 is 0 Å². The van der Waals surface area contributed by atoms with Gasteiger partial charge in [0.25, 0.3) is 5.78 Å². The molecule has 1 aliphatic rings. The van der Waals surface area contributed by atoms with Crippen LogP contribution in [0.4, 0.5) is 0 Å². The fraction of sp³-hybridized carbons (Fsp3) is 0.312. The zero-order valence-corrected chi connectivity index (χ0v) is 11.3. The van der Waals surface area contributed by atoms with Crippen molar-refractivity contribution in [3.63, 3.8) is 0 Å². The average Bonchev–Trinajstić information content (AvgIpc) is 2.91. The highest BCUT2D eigenvalue weighted by molar-refractivity contribution is 5.35. The maximum absolute atomic E-state index is 4.66. The number of fused-ring (bicyclic) bond motifs is 3. The van der Waals surface area contributed by atoms with E-state index in [-0.39, 0.29) is 0 Å². The van der Waals surface area contributed by atoms with E-state index in [0.717, 1.165) is 30.9 Å². The van der Waals surface area contributed by atoms with Crippen molar-refractivity contribution in [2.45, 2.75) is 32.1 Å². The summed E-state index contributed by atoms with van der Waals surface area (Å²) in [6.07, 6.45) is 7.43. The second-order valence-electron chi connectivity index (χ2n) is 5.34. The zero-order valence-electron chi connectivity index (χ0n) is 11.3. The summed E-state index contributed by atoms with van der Waals surface area (Å²) in [5.41, 5.74) is 3.87. The van der Waals surface area contributed by atoms with E-state index in [0.29, 0.717) is 0 Å². The quantitative estimate of drug-likeness (QED) is 0.714. The Morgan fingerprint density at radius 3 is 2.80 bits per heavy atom. The highest BCUT2D eigenvalue weighted by Crippen LogP contribution is 2.20. The molecule has 3 aromatic rings. The van der Waals surface area contributed by atoms with Crippen LogP contribution in [-0.2, 0) is 19.3 Å². The van der Waals surface area contributed by atoms with Gasteiger partial charge in [-0.1, -0.05) is 30.3 Å². The second kappa shape index (κ2) is 4.71. The van der Waals surface area contributed by atoms with E-state index >= 15 is 0 Å². The Kier molecular flexibility index (Phi) is 2.73. The molecule has 0 radical (unpaired) electrons. The van der Waals surface area contributed by atoms with Crippen LogP contribution in [0.25, 0.3) is 5.78 Å². The highest BCUT2D eigenvalue weighted by Gasteiger charge is 2.16. The number of hydrogen-bond acceptors (Lipinski definition) is 3. The van der Waals surface area contributed by atoms with Crippen LogP contribution in [0.1, 0.15) is 35.5 Å². The van der Waals surface area contributed by atoms with Crippen molar-refractivity contribution in [2.24, 2.45) is 0 Å². The minimum Gasteiger partial charge on any atom is -0.219 e. The third kappa shape index (κ3) is 1.97. The SMILES string of the molecule is c1ccc(Cc2nc3ncc4c(n3n2)CCCC4)cc1. The predicted octanol–water partition coefficient (Wildman–Crippen LogP) is 2.59. The van der Waals surface area contributed by atoms with Gasteiger partial charge in [0.1, 0.15) is 0 Å². The fourth-order valence-corrected chi connectivity index (χ4v) is 2.89. The minimum atomic E-state index is 0.733. The maximum Gasteiger partial charge on any atom is 0.252 e. The van der Waals surface area contributed by atoms with Gasteiger partial charge in [-0.2, -0.15) is 4.98 Å². The first-order chi connectivity index (χ1) is 9.90. The van der Waals surface area contributed by atoms with Gasteiger partial charge in [-0.3, -0.25) is 0 Å². The lowest BCUT2D eigenvalue weighted by atomic mass is 9.98. The normalized spacial score (nSPS) is 14.4. The van der Waals surface area contributed by atoms with Crippen molar-refractivity contribution in [2.75, 3.05) is 0 Å². The van der Waals surface area contributed by atoms with Gasteiger partial charge in [0.05, 0.1) is 5.69 Å². The van der Waals surface area contributed by atoms with Gasteiger partial charge >= 0.3 is 0 Å². The van der Waals surface area contributed by atoms with Crippen LogP contribution in [0.5, 0.6) is 0 Å². The average molecular weight is 264 g/mol. The molecule has 0 unspecified atom stereocenters. The number of hydrogen-bond donors (Lipinski definition) is 0. The molecule has 0 fully saturated rings. The molecule has 0 spiro atoms. The van der Waals surface area contributed by atoms with Gasteiger partial charge < -0.3 is 0 Å². The Balaban J connectivity index is 1.75. The maximum atomic E-state index is 4.66. The van der Waals surface area contributed by atoms with Crippen LogP contribution < -0.4 is 0 Å². The highest BCUT2D eigenvalue weighted by atomic mass is 15.3. The summed E-state index contributed by atoms with van der Waals surface area (Å²) in [5.74, 6) is 1.58. The number of nitrogens with zero attached hydrogens (tertiary/aromatic N) is 4. The molecule has 0 N–H and O–H groups in total. The van der Waals surface area contributed by atoms with Crippen molar-refractivity contribution in [3.05, 3.63) is 59.2 Å². The first kappa shape index (κ1) is 11.6. The first-order valence-electron chi connectivity index (χ1n) is 7.16. The molecule has 20 heavy (non-hydrogen) atoms. The van der Waals surface area contributed by atoms with Crippen molar-refractivity contribution in [3.8, 4) is 0 Å². The molecule has 0 bridgehead atoms. The second-order valence-corrected chi connectivity index (χ2v) is 5.34. The molecule has 4 heteroatoms. The van der Waals surface area contributed by atoms with Crippen molar-refractivity contribution >= 4 is 5.78 Å². The summed E-state index contributed by atoms with van der Waals surface area (Å²) >= 11 is 0. The van der Waals surface area contributed by atoms with Crippen molar-refractivity contribution in [1.29, 1.82) is 0 Å². The standard InChI is InChI=1S/C16H16N4/c1-2-6-12(7-3-1)10-15-18-16-17-11-13-8-4-5-9-14(13)20(16)19-15/h1-3,6-7,11H,4-5,8-10H2. The lowest BCUT2D eigenvalue weighted by molar-refractivity contribution is 0.638. The van der Waals surface area contributed by atoms with Crippen molar-refractivity contribution in [1.82, 2.24) is 19.6 Å². The topological polar surface area (TPSA) is 43.1 Å². The molecular formula is C16H16N4. The number of aromatic nitrogens is 4. The van der Waals surface area contributed by atoms with E-state index in [4.69, 9.17) is 0 Å². The molecule has 0 amide bonds. The molecule has 1 aromatic carbocycles. The van der Waals surface area contributed by atoms with Gasteiger partial charge in [0.15, 0.2) is 5.82 Å². The Labute approximate surface area is 117 Å². The van der Waals surface area contributed by atoms with Crippen LogP contribution in [0.3, 0.4) is 0 Å². The molecule has 4 nitrogen and oxygen atoms in total. The monoisotopic (exact) mass is 264 g/mol. The molecule has 1 aliphatic carbocycles. The molecular weight excluding hydrogens is 248 g/mol. The van der Waals surface area contributed by atoms with Crippen LogP contribution in [0.15, 0.2) is 36.5 Å². The van der Waals surface area contributed by atoms with Gasteiger partial charge in [0, 0.05) is 12.6 Å². The zero-order chi connectivity index (χ0) is 13.4. The third-order valence-electron chi connectivity index (χ3n) is 3.91. The summed E-state index contributed by atoms with van der Waals surface area (Å²) in [7, 11) is 0. The Hall–Kier alpha value is -2.23. The summed E-state index contributed by atoms with van der Waals surface area (Å²) in [4.78, 5) is 9.00. The van der Waals surface area contributed by atoms with E-state index in [2.05, 4.69) is 27.2 Å². The molecule has 4 rings (SSSR count).